The summed E-state index contributed by atoms with van der Waals surface area (Å²) in [6.45, 7) is 5.11. The third-order valence-electron chi connectivity index (χ3n) is 2.95. The summed E-state index contributed by atoms with van der Waals surface area (Å²) >= 11 is 0. The van der Waals surface area contributed by atoms with Crippen molar-refractivity contribution in [2.45, 2.75) is 45.4 Å². The van der Waals surface area contributed by atoms with Crippen LogP contribution in [0.1, 0.15) is 45.4 Å². The third-order valence-corrected chi connectivity index (χ3v) is 2.95. The van der Waals surface area contributed by atoms with E-state index in [4.69, 9.17) is 43.1 Å². The van der Waals surface area contributed by atoms with Crippen LogP contribution in [0.25, 0.3) is 0 Å². The molecule has 0 spiro atoms. The van der Waals surface area contributed by atoms with Crippen LogP contribution in [-0.4, -0.2) is 49.7 Å². The van der Waals surface area contributed by atoms with Crippen LogP contribution in [0.2, 0.25) is 0 Å². The van der Waals surface area contributed by atoms with E-state index < -0.39 is 0 Å². The number of nitrogens with zero attached hydrogens (tertiary/aromatic N) is 1. The van der Waals surface area contributed by atoms with Crippen LogP contribution in [0.4, 0.5) is 5.69 Å². The van der Waals surface area contributed by atoms with Crippen LogP contribution in [-0.2, 0) is 0 Å². The van der Waals surface area contributed by atoms with E-state index in [1.807, 2.05) is 37.3 Å². The highest BCUT2D eigenvalue weighted by molar-refractivity contribution is 5.51. The fourth-order valence-electron chi connectivity index (χ4n) is 1.52. The molecule has 0 radical (unpaired) electrons. The van der Waals surface area contributed by atoms with E-state index in [2.05, 4.69) is 0 Å². The van der Waals surface area contributed by atoms with Crippen LogP contribution in [0.15, 0.2) is 24.3 Å². The van der Waals surface area contributed by atoms with Gasteiger partial charge in [-0.05, 0) is 64.3 Å². The summed E-state index contributed by atoms with van der Waals surface area (Å²) in [5.41, 5.74) is 21.5. The van der Waals surface area contributed by atoms with Gasteiger partial charge >= 0.3 is 0 Å². The van der Waals surface area contributed by atoms with Crippen molar-refractivity contribution in [3.8, 4) is 11.8 Å². The molecule has 0 fully saturated rings. The molecule has 0 unspecified atom stereocenters. The molecule has 1 aromatic carbocycles. The molecule has 0 saturated heterocycles. The summed E-state index contributed by atoms with van der Waals surface area (Å²) in [4.78, 5) is 0. The summed E-state index contributed by atoms with van der Waals surface area (Å²) in [6, 6.07) is 9.37. The summed E-state index contributed by atoms with van der Waals surface area (Å²) in [5, 5.41) is 24.1. The number of anilines is 1. The number of aliphatic hydroxyl groups is 2. The SMILES string of the molecule is CCOc1ccccc1N.N#CCCN.NCCCCCO.NCCCCO. The molecule has 8 heteroatoms. The maximum Gasteiger partial charge on any atom is 0.142 e. The normalized spacial score (nSPS) is 8.75. The van der Waals surface area contributed by atoms with E-state index in [0.29, 0.717) is 38.4 Å². The number of nitrogens with two attached hydrogens (primary N) is 4. The van der Waals surface area contributed by atoms with E-state index in [1.54, 1.807) is 0 Å². The van der Waals surface area contributed by atoms with Gasteiger partial charge in [0.1, 0.15) is 5.75 Å². The number of benzene rings is 1. The molecule has 0 aliphatic heterocycles. The molecule has 0 aromatic heterocycles. The molecule has 0 atom stereocenters. The van der Waals surface area contributed by atoms with Crippen molar-refractivity contribution >= 4 is 5.69 Å². The van der Waals surface area contributed by atoms with Crippen molar-refractivity contribution < 1.29 is 14.9 Å². The molecule has 0 bridgehead atoms. The first-order valence-corrected chi connectivity index (χ1v) is 9.75. The Labute approximate surface area is 170 Å². The Kier molecular flexibility index (Phi) is 32.9. The Morgan fingerprint density at radius 1 is 0.893 bits per heavy atom. The first kappa shape index (κ1) is 30.8. The molecule has 8 nitrogen and oxygen atoms in total. The molecule has 10 N–H and O–H groups in total. The van der Waals surface area contributed by atoms with Gasteiger partial charge in [0.05, 0.1) is 18.4 Å². The fraction of sp³-hybridized carbons (Fsp3) is 0.650. The average Bonchev–Trinajstić information content (AvgIpc) is 2.71. The lowest BCUT2D eigenvalue weighted by molar-refractivity contribution is 0.283. The lowest BCUT2D eigenvalue weighted by atomic mass is 10.2. The van der Waals surface area contributed by atoms with E-state index in [-0.39, 0.29) is 6.61 Å². The number of hydrogen-bond acceptors (Lipinski definition) is 8. The molecular formula is C20H41N5O3. The van der Waals surface area contributed by atoms with Gasteiger partial charge in [0.15, 0.2) is 0 Å². The van der Waals surface area contributed by atoms with Crippen LogP contribution in [0.5, 0.6) is 5.75 Å². The maximum absolute atomic E-state index is 8.25. The van der Waals surface area contributed by atoms with Gasteiger partial charge in [0.25, 0.3) is 0 Å². The second-order valence-electron chi connectivity index (χ2n) is 5.46. The second-order valence-corrected chi connectivity index (χ2v) is 5.46. The molecular weight excluding hydrogens is 358 g/mol. The second kappa shape index (κ2) is 29.9. The number of rotatable bonds is 10. The van der Waals surface area contributed by atoms with Crippen molar-refractivity contribution in [3.63, 3.8) is 0 Å². The van der Waals surface area contributed by atoms with Gasteiger partial charge in [0, 0.05) is 26.2 Å². The number of nitrogen functional groups attached to an aromatic ring is 1. The topological polar surface area (TPSA) is 178 Å². The smallest absolute Gasteiger partial charge is 0.142 e. The van der Waals surface area contributed by atoms with Gasteiger partial charge in [-0.25, -0.2) is 0 Å². The van der Waals surface area contributed by atoms with Crippen molar-refractivity contribution in [1.29, 1.82) is 5.26 Å². The maximum atomic E-state index is 8.25. The summed E-state index contributed by atoms with van der Waals surface area (Å²) in [6.07, 6.45) is 5.26. The minimum Gasteiger partial charge on any atom is -0.492 e. The van der Waals surface area contributed by atoms with Crippen LogP contribution in [0, 0.1) is 11.3 Å². The number of para-hydroxylation sites is 2. The standard InChI is InChI=1S/C8H11NO.C5H13NO.C4H11NO.C3H6N2/c1-2-10-8-6-4-3-5-7(8)9;6-4-2-1-3-5-7;5-3-1-2-4-6;4-2-1-3-5/h3-6H,2,9H2,1H3;7H,1-6H2;6H,1-5H2;1-2,4H2. The third kappa shape index (κ3) is 28.9. The minimum atomic E-state index is 0.275. The quantitative estimate of drug-likeness (QED) is 0.252. The first-order valence-electron chi connectivity index (χ1n) is 9.75. The number of hydrogen-bond donors (Lipinski definition) is 6. The van der Waals surface area contributed by atoms with E-state index in [9.17, 15) is 0 Å². The Hall–Kier alpha value is -1.89. The molecule has 164 valence electrons. The molecule has 1 rings (SSSR count). The van der Waals surface area contributed by atoms with E-state index in [0.717, 1.165) is 44.4 Å². The minimum absolute atomic E-state index is 0.275. The first-order chi connectivity index (χ1) is 13.6. The largest absolute Gasteiger partial charge is 0.492 e. The fourth-order valence-corrected chi connectivity index (χ4v) is 1.52. The van der Waals surface area contributed by atoms with Crippen molar-refractivity contribution in [1.82, 2.24) is 0 Å². The van der Waals surface area contributed by atoms with E-state index >= 15 is 0 Å². The Bertz CT molecular complexity index is 434. The lowest BCUT2D eigenvalue weighted by Crippen LogP contribution is -1.98. The van der Waals surface area contributed by atoms with Gasteiger partial charge in [-0.3, -0.25) is 0 Å². The highest BCUT2D eigenvalue weighted by Gasteiger charge is 1.93. The predicted molar refractivity (Wildman–Crippen MR) is 117 cm³/mol. The number of unbranched alkanes of at least 4 members (excludes halogenated alkanes) is 3. The zero-order valence-corrected chi connectivity index (χ0v) is 17.4. The highest BCUT2D eigenvalue weighted by atomic mass is 16.5. The summed E-state index contributed by atoms with van der Waals surface area (Å²) in [7, 11) is 0. The Morgan fingerprint density at radius 3 is 1.79 bits per heavy atom. The zero-order chi connectivity index (χ0) is 21.9. The summed E-state index contributed by atoms with van der Waals surface area (Å²) < 4.78 is 5.21. The van der Waals surface area contributed by atoms with Gasteiger partial charge in [-0.2, -0.15) is 5.26 Å². The zero-order valence-electron chi connectivity index (χ0n) is 17.4. The van der Waals surface area contributed by atoms with Crippen molar-refractivity contribution in [2.75, 3.05) is 45.2 Å². The van der Waals surface area contributed by atoms with Crippen molar-refractivity contribution in [3.05, 3.63) is 24.3 Å². The van der Waals surface area contributed by atoms with Gasteiger partial charge in [0.2, 0.25) is 0 Å². The molecule has 0 aliphatic rings. The molecule has 0 saturated carbocycles. The van der Waals surface area contributed by atoms with Gasteiger partial charge < -0.3 is 37.9 Å². The molecule has 28 heavy (non-hydrogen) atoms. The molecule has 0 heterocycles. The number of aliphatic hydroxyl groups excluding tert-OH is 2. The molecule has 0 amide bonds. The molecule has 1 aromatic rings. The Morgan fingerprint density at radius 2 is 1.43 bits per heavy atom. The van der Waals surface area contributed by atoms with Crippen molar-refractivity contribution in [2.24, 2.45) is 17.2 Å². The predicted octanol–water partition coefficient (Wildman–Crippen LogP) is 1.35. The van der Waals surface area contributed by atoms with E-state index in [1.165, 1.54) is 0 Å². The summed E-state index contributed by atoms with van der Waals surface area (Å²) in [5.74, 6) is 0.769. The number of ether oxygens (including phenoxy) is 1. The van der Waals surface area contributed by atoms with Crippen LogP contribution in [0.3, 0.4) is 0 Å². The van der Waals surface area contributed by atoms with Crippen LogP contribution < -0.4 is 27.7 Å². The van der Waals surface area contributed by atoms with Gasteiger partial charge in [-0.15, -0.1) is 0 Å². The lowest BCUT2D eigenvalue weighted by Gasteiger charge is -2.04. The highest BCUT2D eigenvalue weighted by Crippen LogP contribution is 2.18. The monoisotopic (exact) mass is 399 g/mol. The van der Waals surface area contributed by atoms with Gasteiger partial charge in [-0.1, -0.05) is 12.1 Å². The molecule has 0 aliphatic carbocycles. The Balaban J connectivity index is -0.000000311. The van der Waals surface area contributed by atoms with Crippen LogP contribution >= 0.6 is 0 Å². The number of nitriles is 1. The average molecular weight is 400 g/mol.